The molecule has 4 rings (SSSR count). The van der Waals surface area contributed by atoms with Crippen LogP contribution in [0.25, 0.3) is 22.4 Å². The minimum atomic E-state index is -1.82. The Bertz CT molecular complexity index is 1060. The Hall–Kier alpha value is -3.42. The van der Waals surface area contributed by atoms with Crippen molar-refractivity contribution in [3.8, 4) is 22.4 Å². The first-order chi connectivity index (χ1) is 15.9. The van der Waals surface area contributed by atoms with Gasteiger partial charge in [0.2, 0.25) is 0 Å². The van der Waals surface area contributed by atoms with Gasteiger partial charge in [0.05, 0.1) is 5.69 Å². The summed E-state index contributed by atoms with van der Waals surface area (Å²) in [6.45, 7) is 2.22. The first-order valence-corrected chi connectivity index (χ1v) is 11.4. The van der Waals surface area contributed by atoms with Crippen molar-refractivity contribution in [3.05, 3.63) is 71.9 Å². The minimum Gasteiger partial charge on any atom is -0.473 e. The molecule has 3 aromatic rings. The zero-order chi connectivity index (χ0) is 23.8. The zero-order valence-electron chi connectivity index (χ0n) is 19.8. The summed E-state index contributed by atoms with van der Waals surface area (Å²) in [5, 5.41) is 14.8. The van der Waals surface area contributed by atoms with Gasteiger partial charge < -0.3 is 25.2 Å². The normalized spacial score (nSPS) is 12.2. The molecule has 0 atom stereocenters. The second-order valence-corrected chi connectivity index (χ2v) is 8.51. The van der Waals surface area contributed by atoms with Gasteiger partial charge in [-0.3, -0.25) is 0 Å². The average Bonchev–Trinajstić information content (AvgIpc) is 3.15. The van der Waals surface area contributed by atoms with Crippen molar-refractivity contribution in [1.29, 1.82) is 0 Å². The van der Waals surface area contributed by atoms with Crippen molar-refractivity contribution in [2.75, 3.05) is 20.6 Å². The van der Waals surface area contributed by atoms with Gasteiger partial charge in [0.1, 0.15) is 0 Å². The molecule has 0 aliphatic heterocycles. The van der Waals surface area contributed by atoms with Crippen molar-refractivity contribution in [3.63, 3.8) is 0 Å². The number of hydrogen-bond donors (Lipinski definition) is 2. The molecule has 7 nitrogen and oxygen atoms in total. The Kier molecular flexibility index (Phi) is 10.0. The minimum absolute atomic E-state index is 0. The summed E-state index contributed by atoms with van der Waals surface area (Å²) in [5.41, 5.74) is 8.78. The number of hydrogen-bond acceptors (Lipinski definition) is 3. The van der Waals surface area contributed by atoms with Crippen LogP contribution in [0.2, 0.25) is 0 Å². The summed E-state index contributed by atoms with van der Waals surface area (Å²) < 4.78 is 2.65. The lowest BCUT2D eigenvalue weighted by atomic mass is 9.90. The van der Waals surface area contributed by atoms with E-state index in [0.29, 0.717) is 0 Å². The quantitative estimate of drug-likeness (QED) is 0.533. The molecule has 1 aromatic heterocycles. The molecule has 0 unspecified atom stereocenters. The van der Waals surface area contributed by atoms with Crippen molar-refractivity contribution >= 4 is 11.9 Å². The molecule has 34 heavy (non-hydrogen) atoms. The molecule has 0 radical (unpaired) electrons. The molecule has 0 saturated carbocycles. The molecule has 1 heterocycles. The van der Waals surface area contributed by atoms with Crippen LogP contribution < -0.4 is 0 Å². The number of fused-ring (bicyclic) bond motifs is 1. The standard InChI is InChI=1S/C25H30N2.C2H2O4.H2O/c1-26(2)18-11-19-27-23-17-10-9-16-22(23)24(20-12-5-3-6-13-20)25(27)21-14-7-4-8-15-21;3-1(4)2(5)6;/h3-8,12-15H,9-11,16-19H2,1-2H3;(H,3,4)(H,5,6);1H2. The monoisotopic (exact) mass is 466 g/mol. The summed E-state index contributed by atoms with van der Waals surface area (Å²) in [7, 11) is 4.33. The van der Waals surface area contributed by atoms with Crippen LogP contribution in [-0.4, -0.2) is 57.7 Å². The van der Waals surface area contributed by atoms with E-state index in [1.165, 1.54) is 54.5 Å². The summed E-state index contributed by atoms with van der Waals surface area (Å²) in [4.78, 5) is 20.5. The van der Waals surface area contributed by atoms with Crippen LogP contribution >= 0.6 is 0 Å². The summed E-state index contributed by atoms with van der Waals surface area (Å²) in [6.07, 6.45) is 6.22. The molecule has 1 aliphatic rings. The average molecular weight is 467 g/mol. The fraction of sp³-hybridized carbons (Fsp3) is 0.333. The number of carboxylic acid groups (broad SMARTS) is 2. The number of rotatable bonds is 6. The van der Waals surface area contributed by atoms with Crippen molar-refractivity contribution in [2.45, 2.75) is 38.6 Å². The van der Waals surface area contributed by atoms with E-state index >= 15 is 0 Å². The van der Waals surface area contributed by atoms with E-state index in [1.54, 1.807) is 11.3 Å². The van der Waals surface area contributed by atoms with Crippen molar-refractivity contribution in [2.24, 2.45) is 0 Å². The highest BCUT2D eigenvalue weighted by Gasteiger charge is 2.26. The molecule has 0 saturated heterocycles. The molecule has 0 amide bonds. The molecular weight excluding hydrogens is 432 g/mol. The lowest BCUT2D eigenvalue weighted by Crippen LogP contribution is -2.17. The molecule has 182 valence electrons. The Morgan fingerprint density at radius 2 is 1.38 bits per heavy atom. The Balaban J connectivity index is 0.000000521. The van der Waals surface area contributed by atoms with Gasteiger partial charge in [-0.25, -0.2) is 9.59 Å². The Labute approximate surface area is 200 Å². The van der Waals surface area contributed by atoms with Crippen LogP contribution in [0.1, 0.15) is 30.5 Å². The molecule has 2 aromatic carbocycles. The van der Waals surface area contributed by atoms with Gasteiger partial charge in [0.15, 0.2) is 0 Å². The number of aliphatic carboxylic acids is 2. The number of nitrogens with zero attached hydrogens (tertiary/aromatic N) is 2. The highest BCUT2D eigenvalue weighted by Crippen LogP contribution is 2.42. The van der Waals surface area contributed by atoms with E-state index in [-0.39, 0.29) is 5.48 Å². The molecule has 1 aliphatic carbocycles. The summed E-state index contributed by atoms with van der Waals surface area (Å²) >= 11 is 0. The highest BCUT2D eigenvalue weighted by atomic mass is 16.4. The van der Waals surface area contributed by atoms with Crippen LogP contribution in [0.4, 0.5) is 0 Å². The third-order valence-corrected chi connectivity index (χ3v) is 5.85. The van der Waals surface area contributed by atoms with Gasteiger partial charge in [0, 0.05) is 17.8 Å². The maximum atomic E-state index is 9.10. The molecule has 0 spiro atoms. The van der Waals surface area contributed by atoms with Crippen LogP contribution in [0.5, 0.6) is 0 Å². The Morgan fingerprint density at radius 1 is 0.853 bits per heavy atom. The molecule has 0 fully saturated rings. The zero-order valence-corrected chi connectivity index (χ0v) is 19.8. The number of benzene rings is 2. The van der Waals surface area contributed by atoms with Crippen molar-refractivity contribution in [1.82, 2.24) is 9.47 Å². The lowest BCUT2D eigenvalue weighted by Gasteiger charge is -2.18. The van der Waals surface area contributed by atoms with Crippen LogP contribution in [0.3, 0.4) is 0 Å². The fourth-order valence-electron chi connectivity index (χ4n) is 4.47. The van der Waals surface area contributed by atoms with Crippen LogP contribution in [0.15, 0.2) is 60.7 Å². The Morgan fingerprint density at radius 3 is 1.91 bits per heavy atom. The second-order valence-electron chi connectivity index (χ2n) is 8.51. The number of carbonyl (C=O) groups is 2. The highest BCUT2D eigenvalue weighted by molar-refractivity contribution is 6.27. The largest absolute Gasteiger partial charge is 0.473 e. The molecule has 4 N–H and O–H groups in total. The first kappa shape index (κ1) is 26.8. The van der Waals surface area contributed by atoms with E-state index < -0.39 is 11.9 Å². The fourth-order valence-corrected chi connectivity index (χ4v) is 4.47. The third kappa shape index (κ3) is 6.56. The maximum Gasteiger partial charge on any atom is 0.414 e. The molecule has 7 heteroatoms. The molecule has 0 bridgehead atoms. The number of carboxylic acids is 2. The van der Waals surface area contributed by atoms with Gasteiger partial charge in [-0.2, -0.15) is 0 Å². The van der Waals surface area contributed by atoms with E-state index in [4.69, 9.17) is 19.8 Å². The van der Waals surface area contributed by atoms with Gasteiger partial charge in [0.25, 0.3) is 0 Å². The van der Waals surface area contributed by atoms with Crippen LogP contribution in [-0.2, 0) is 29.0 Å². The summed E-state index contributed by atoms with van der Waals surface area (Å²) in [6, 6.07) is 22.0. The number of aromatic nitrogens is 1. The lowest BCUT2D eigenvalue weighted by molar-refractivity contribution is -0.159. The van der Waals surface area contributed by atoms with Gasteiger partial charge >= 0.3 is 11.9 Å². The SMILES string of the molecule is CN(C)CCCn1c2c(c(-c3ccccc3)c1-c1ccccc1)CCCC2.O.O=C(O)C(=O)O. The van der Waals surface area contributed by atoms with E-state index in [9.17, 15) is 0 Å². The van der Waals surface area contributed by atoms with Gasteiger partial charge in [-0.05, 0) is 69.4 Å². The first-order valence-electron chi connectivity index (χ1n) is 11.4. The van der Waals surface area contributed by atoms with E-state index in [2.05, 4.69) is 84.2 Å². The van der Waals surface area contributed by atoms with Crippen molar-refractivity contribution < 1.29 is 25.3 Å². The smallest absolute Gasteiger partial charge is 0.414 e. The predicted molar refractivity (Wildman–Crippen MR) is 134 cm³/mol. The van der Waals surface area contributed by atoms with Crippen LogP contribution in [0, 0.1) is 0 Å². The third-order valence-electron chi connectivity index (χ3n) is 5.85. The maximum absolute atomic E-state index is 9.10. The second kappa shape index (κ2) is 12.7. The van der Waals surface area contributed by atoms with E-state index in [0.717, 1.165) is 13.1 Å². The van der Waals surface area contributed by atoms with Gasteiger partial charge in [-0.1, -0.05) is 60.7 Å². The topological polar surface area (TPSA) is 114 Å². The predicted octanol–water partition coefficient (Wildman–Crippen LogP) is 3.98. The summed E-state index contributed by atoms with van der Waals surface area (Å²) in [5.74, 6) is -3.65. The van der Waals surface area contributed by atoms with E-state index in [1.807, 2.05) is 0 Å². The molecular formula is C27H34N2O5. The van der Waals surface area contributed by atoms with Gasteiger partial charge in [-0.15, -0.1) is 0 Å².